The van der Waals surface area contributed by atoms with E-state index in [4.69, 9.17) is 17.0 Å². The number of hydrogen-bond acceptors (Lipinski definition) is 6. The molecule has 0 fully saturated rings. The summed E-state index contributed by atoms with van der Waals surface area (Å²) in [5.74, 6) is 1.12. The minimum atomic E-state index is -0.127. The van der Waals surface area contributed by atoms with Gasteiger partial charge in [-0.2, -0.15) is 5.26 Å². The number of aromatic hydroxyl groups is 1. The third kappa shape index (κ3) is 2.74. The zero-order valence-corrected chi connectivity index (χ0v) is 14.3. The number of nitriles is 1. The number of rotatable bonds is 3. The van der Waals surface area contributed by atoms with E-state index in [-0.39, 0.29) is 17.6 Å². The van der Waals surface area contributed by atoms with Crippen molar-refractivity contribution in [1.29, 1.82) is 5.26 Å². The quantitative estimate of drug-likeness (QED) is 0.808. The van der Waals surface area contributed by atoms with Crippen LogP contribution in [0.1, 0.15) is 23.3 Å². The van der Waals surface area contributed by atoms with Crippen LogP contribution in [0.2, 0.25) is 0 Å². The SMILES string of the molecule is CCOc1cc(C2c3sc(=S)[nH]c3SCC2C#N)ccc1O. The number of phenolic OH excluding ortho intramolecular Hbond substituents is 1. The lowest BCUT2D eigenvalue weighted by molar-refractivity contribution is 0.317. The van der Waals surface area contributed by atoms with Crippen LogP contribution in [0.4, 0.5) is 0 Å². The number of phenols is 1. The number of aromatic amines is 1. The van der Waals surface area contributed by atoms with E-state index in [1.165, 1.54) is 11.3 Å². The Bertz CT molecular complexity index is 791. The number of thiazole rings is 1. The van der Waals surface area contributed by atoms with Crippen molar-refractivity contribution >= 4 is 35.3 Å². The highest BCUT2D eigenvalue weighted by atomic mass is 32.2. The van der Waals surface area contributed by atoms with Gasteiger partial charge in [-0.15, -0.1) is 23.1 Å². The Morgan fingerprint density at radius 1 is 1.55 bits per heavy atom. The molecule has 1 aromatic heterocycles. The summed E-state index contributed by atoms with van der Waals surface area (Å²) in [6.07, 6.45) is 0. The lowest BCUT2D eigenvalue weighted by Crippen LogP contribution is -2.19. The summed E-state index contributed by atoms with van der Waals surface area (Å²) in [5, 5.41) is 20.4. The van der Waals surface area contributed by atoms with E-state index in [0.29, 0.717) is 12.4 Å². The number of H-pyrrole nitrogens is 1. The van der Waals surface area contributed by atoms with Gasteiger partial charge in [-0.3, -0.25) is 0 Å². The van der Waals surface area contributed by atoms with Crippen molar-refractivity contribution in [3.05, 3.63) is 32.6 Å². The number of nitrogens with one attached hydrogen (secondary N) is 1. The molecule has 2 aromatic rings. The maximum absolute atomic E-state index is 9.87. The summed E-state index contributed by atoms with van der Waals surface area (Å²) in [7, 11) is 0. The molecule has 7 heteroatoms. The lowest BCUT2D eigenvalue weighted by atomic mass is 9.86. The van der Waals surface area contributed by atoms with Crippen LogP contribution in [-0.2, 0) is 0 Å². The normalized spacial score (nSPS) is 20.2. The lowest BCUT2D eigenvalue weighted by Gasteiger charge is -2.26. The van der Waals surface area contributed by atoms with Crippen LogP contribution in [0.25, 0.3) is 0 Å². The fourth-order valence-corrected chi connectivity index (χ4v) is 5.36. The van der Waals surface area contributed by atoms with Gasteiger partial charge in [-0.05, 0) is 36.8 Å². The molecule has 2 heterocycles. The minimum absolute atomic E-state index is 0.0426. The van der Waals surface area contributed by atoms with Gasteiger partial charge in [-0.25, -0.2) is 0 Å². The minimum Gasteiger partial charge on any atom is -0.504 e. The summed E-state index contributed by atoms with van der Waals surface area (Å²) in [6, 6.07) is 7.72. The molecule has 0 saturated carbocycles. The fourth-order valence-electron chi connectivity index (χ4n) is 2.58. The smallest absolute Gasteiger partial charge is 0.161 e. The van der Waals surface area contributed by atoms with Crippen molar-refractivity contribution in [2.75, 3.05) is 12.4 Å². The average molecular weight is 350 g/mol. The van der Waals surface area contributed by atoms with Crippen molar-refractivity contribution in [2.24, 2.45) is 5.92 Å². The van der Waals surface area contributed by atoms with E-state index in [1.54, 1.807) is 17.8 Å². The standard InChI is InChI=1S/C15H14N2O2S3/c1-2-19-11-5-8(3-4-10(11)18)12-9(6-16)7-21-14-13(12)22-15(20)17-14/h3-5,9,12,18H,2,7H2,1H3,(H,17,20). The molecule has 1 aliphatic rings. The van der Waals surface area contributed by atoms with E-state index in [9.17, 15) is 10.4 Å². The van der Waals surface area contributed by atoms with Gasteiger partial charge in [0.05, 0.1) is 23.6 Å². The topological polar surface area (TPSA) is 69.0 Å². The van der Waals surface area contributed by atoms with Gasteiger partial charge in [0, 0.05) is 16.5 Å². The molecule has 2 unspecified atom stereocenters. The van der Waals surface area contributed by atoms with Crippen LogP contribution in [0.5, 0.6) is 11.5 Å². The van der Waals surface area contributed by atoms with Crippen molar-refractivity contribution in [3.63, 3.8) is 0 Å². The molecule has 0 spiro atoms. The van der Waals surface area contributed by atoms with Crippen LogP contribution in [0.15, 0.2) is 23.2 Å². The number of hydrogen-bond donors (Lipinski definition) is 2. The number of benzene rings is 1. The monoisotopic (exact) mass is 350 g/mol. The van der Waals surface area contributed by atoms with Crippen LogP contribution in [0.3, 0.4) is 0 Å². The average Bonchev–Trinajstić information content (AvgIpc) is 2.89. The number of ether oxygens (including phenoxy) is 1. The number of nitrogens with zero attached hydrogens (tertiary/aromatic N) is 1. The molecule has 0 saturated heterocycles. The molecule has 0 bridgehead atoms. The van der Waals surface area contributed by atoms with Crippen molar-refractivity contribution in [2.45, 2.75) is 17.9 Å². The van der Waals surface area contributed by atoms with E-state index in [1.807, 2.05) is 19.1 Å². The van der Waals surface area contributed by atoms with E-state index < -0.39 is 0 Å². The zero-order valence-electron chi connectivity index (χ0n) is 11.8. The number of thioether (sulfide) groups is 1. The third-order valence-corrected chi connectivity index (χ3v) is 6.13. The summed E-state index contributed by atoms with van der Waals surface area (Å²) in [6.45, 7) is 2.35. The Balaban J connectivity index is 2.10. The second kappa shape index (κ2) is 6.32. The van der Waals surface area contributed by atoms with Crippen LogP contribution >= 0.6 is 35.3 Å². The van der Waals surface area contributed by atoms with E-state index >= 15 is 0 Å². The van der Waals surface area contributed by atoms with Crippen molar-refractivity contribution in [1.82, 2.24) is 4.98 Å². The maximum atomic E-state index is 9.87. The molecule has 0 radical (unpaired) electrons. The zero-order chi connectivity index (χ0) is 15.7. The van der Waals surface area contributed by atoms with Gasteiger partial charge < -0.3 is 14.8 Å². The van der Waals surface area contributed by atoms with Crippen LogP contribution in [0, 0.1) is 21.2 Å². The molecular weight excluding hydrogens is 336 g/mol. The predicted octanol–water partition coefficient (Wildman–Crippen LogP) is 4.29. The van der Waals surface area contributed by atoms with Gasteiger partial charge in [0.15, 0.2) is 15.5 Å². The van der Waals surface area contributed by atoms with E-state index in [2.05, 4.69) is 11.1 Å². The molecule has 3 rings (SSSR count). The Kier molecular flexibility index (Phi) is 4.43. The highest BCUT2D eigenvalue weighted by molar-refractivity contribution is 7.99. The molecule has 1 aromatic carbocycles. The first-order valence-corrected chi connectivity index (χ1v) is 9.06. The van der Waals surface area contributed by atoms with Crippen molar-refractivity contribution < 1.29 is 9.84 Å². The van der Waals surface area contributed by atoms with Crippen LogP contribution < -0.4 is 4.74 Å². The Hall–Kier alpha value is -1.49. The Morgan fingerprint density at radius 3 is 3.09 bits per heavy atom. The Morgan fingerprint density at radius 2 is 2.36 bits per heavy atom. The predicted molar refractivity (Wildman–Crippen MR) is 90.4 cm³/mol. The summed E-state index contributed by atoms with van der Waals surface area (Å²) >= 11 is 8.41. The number of aromatic nitrogens is 1. The van der Waals surface area contributed by atoms with Crippen LogP contribution in [-0.4, -0.2) is 22.5 Å². The first-order chi connectivity index (χ1) is 10.6. The largest absolute Gasteiger partial charge is 0.504 e. The van der Waals surface area contributed by atoms with E-state index in [0.717, 1.165) is 25.2 Å². The second-order valence-corrected chi connectivity index (χ2v) is 7.64. The first kappa shape index (κ1) is 15.4. The van der Waals surface area contributed by atoms with Gasteiger partial charge in [0.1, 0.15) is 0 Å². The molecular formula is C15H14N2O2S3. The van der Waals surface area contributed by atoms with Gasteiger partial charge >= 0.3 is 0 Å². The summed E-state index contributed by atoms with van der Waals surface area (Å²) in [5.41, 5.74) is 0.972. The summed E-state index contributed by atoms with van der Waals surface area (Å²) in [4.78, 5) is 4.30. The molecule has 114 valence electrons. The number of fused-ring (bicyclic) bond motifs is 1. The fraction of sp³-hybridized carbons (Fsp3) is 0.333. The molecule has 2 atom stereocenters. The molecule has 0 aliphatic carbocycles. The maximum Gasteiger partial charge on any atom is 0.161 e. The van der Waals surface area contributed by atoms with Gasteiger partial charge in [0.2, 0.25) is 0 Å². The van der Waals surface area contributed by atoms with Gasteiger partial charge in [0.25, 0.3) is 0 Å². The second-order valence-electron chi connectivity index (χ2n) is 4.89. The van der Waals surface area contributed by atoms with Crippen molar-refractivity contribution in [3.8, 4) is 17.6 Å². The highest BCUT2D eigenvalue weighted by Crippen LogP contribution is 2.47. The molecule has 0 amide bonds. The molecule has 2 N–H and O–H groups in total. The molecule has 4 nitrogen and oxygen atoms in total. The third-order valence-electron chi connectivity index (χ3n) is 3.54. The highest BCUT2D eigenvalue weighted by Gasteiger charge is 2.34. The molecule has 1 aliphatic heterocycles. The molecule has 22 heavy (non-hydrogen) atoms. The van der Waals surface area contributed by atoms with Gasteiger partial charge in [-0.1, -0.05) is 6.07 Å². The Labute approximate surface area is 141 Å². The first-order valence-electron chi connectivity index (χ1n) is 6.85. The summed E-state index contributed by atoms with van der Waals surface area (Å²) < 4.78 is 6.19.